The van der Waals surface area contributed by atoms with E-state index in [1.165, 1.54) is 0 Å². The third-order valence-electron chi connectivity index (χ3n) is 4.18. The average molecular weight is 350 g/mol. The largest absolute Gasteiger partial charge is 0.496 e. The van der Waals surface area contributed by atoms with Crippen molar-refractivity contribution in [3.8, 4) is 5.75 Å². The van der Waals surface area contributed by atoms with Gasteiger partial charge in [-0.2, -0.15) is 5.10 Å². The maximum atomic E-state index is 12.5. The number of hydrogen-bond donors (Lipinski definition) is 1. The molecule has 0 aliphatic carbocycles. The van der Waals surface area contributed by atoms with E-state index in [0.29, 0.717) is 17.4 Å². The Morgan fingerprint density at radius 3 is 3.04 bits per heavy atom. The van der Waals surface area contributed by atoms with Crippen molar-refractivity contribution in [1.29, 1.82) is 0 Å². The fourth-order valence-electron chi connectivity index (χ4n) is 3.01. The minimum Gasteiger partial charge on any atom is -0.496 e. The molecular formula is C17H20ClN3O3. The molecule has 6 nitrogen and oxygen atoms in total. The molecule has 2 aromatic rings. The lowest BCUT2D eigenvalue weighted by Gasteiger charge is -2.20. The van der Waals surface area contributed by atoms with Crippen LogP contribution in [0.15, 0.2) is 30.5 Å². The normalized spacial score (nSPS) is 20.1. The first-order chi connectivity index (χ1) is 11.6. The van der Waals surface area contributed by atoms with E-state index < -0.39 is 0 Å². The summed E-state index contributed by atoms with van der Waals surface area (Å²) in [4.78, 5) is 12.5. The van der Waals surface area contributed by atoms with Gasteiger partial charge in [-0.25, -0.2) is 0 Å². The van der Waals surface area contributed by atoms with Gasteiger partial charge in [0, 0.05) is 30.4 Å². The smallest absolute Gasteiger partial charge is 0.224 e. The van der Waals surface area contributed by atoms with E-state index >= 15 is 0 Å². The van der Waals surface area contributed by atoms with E-state index in [1.54, 1.807) is 36.2 Å². The molecule has 1 N–H and O–H groups in total. The molecule has 1 amide bonds. The predicted molar refractivity (Wildman–Crippen MR) is 90.2 cm³/mol. The molecule has 1 fully saturated rings. The Labute approximate surface area is 145 Å². The van der Waals surface area contributed by atoms with Crippen molar-refractivity contribution in [2.45, 2.75) is 25.0 Å². The highest BCUT2D eigenvalue weighted by Gasteiger charge is 2.32. The third kappa shape index (κ3) is 3.55. The number of benzene rings is 1. The number of methoxy groups -OCH3 is 1. The first-order valence-electron chi connectivity index (χ1n) is 7.79. The van der Waals surface area contributed by atoms with Crippen LogP contribution < -0.4 is 10.1 Å². The van der Waals surface area contributed by atoms with Crippen molar-refractivity contribution in [3.63, 3.8) is 0 Å². The molecule has 0 spiro atoms. The number of carbonyl (C=O) groups is 1. The topological polar surface area (TPSA) is 65.4 Å². The number of rotatable bonds is 5. The Morgan fingerprint density at radius 1 is 1.50 bits per heavy atom. The summed E-state index contributed by atoms with van der Waals surface area (Å²) < 4.78 is 12.8. The second-order valence-electron chi connectivity index (χ2n) is 5.77. The van der Waals surface area contributed by atoms with Crippen LogP contribution in [0.25, 0.3) is 0 Å². The van der Waals surface area contributed by atoms with Crippen LogP contribution in [-0.2, 0) is 23.0 Å². The molecule has 1 aliphatic heterocycles. The van der Waals surface area contributed by atoms with Crippen LogP contribution in [0.5, 0.6) is 5.75 Å². The van der Waals surface area contributed by atoms with Gasteiger partial charge in [0.2, 0.25) is 5.91 Å². The summed E-state index contributed by atoms with van der Waals surface area (Å²) in [5, 5.41) is 7.81. The Balaban J connectivity index is 1.69. The van der Waals surface area contributed by atoms with Gasteiger partial charge in [-0.15, -0.1) is 0 Å². The lowest BCUT2D eigenvalue weighted by Crippen LogP contribution is -2.38. The Hall–Kier alpha value is -2.05. The minimum atomic E-state index is -0.178. The number of hydrogen-bond acceptors (Lipinski definition) is 4. The molecule has 1 aromatic carbocycles. The molecule has 1 aliphatic rings. The van der Waals surface area contributed by atoms with E-state index in [0.717, 1.165) is 17.7 Å². The number of halogens is 1. The van der Waals surface area contributed by atoms with Gasteiger partial charge in [0.05, 0.1) is 25.3 Å². The molecule has 0 radical (unpaired) electrons. The Morgan fingerprint density at radius 2 is 2.33 bits per heavy atom. The van der Waals surface area contributed by atoms with Gasteiger partial charge in [0.15, 0.2) is 0 Å². The summed E-state index contributed by atoms with van der Waals surface area (Å²) in [6.45, 7) is 0.612. The van der Waals surface area contributed by atoms with Gasteiger partial charge in [-0.1, -0.05) is 11.6 Å². The van der Waals surface area contributed by atoms with Crippen LogP contribution in [0.2, 0.25) is 5.02 Å². The summed E-state index contributed by atoms with van der Waals surface area (Å²) in [5.41, 5.74) is 1.72. The molecule has 7 heteroatoms. The van der Waals surface area contributed by atoms with Gasteiger partial charge < -0.3 is 14.8 Å². The molecule has 0 saturated carbocycles. The maximum absolute atomic E-state index is 12.5. The highest BCUT2D eigenvalue weighted by Crippen LogP contribution is 2.29. The molecule has 3 rings (SSSR count). The second kappa shape index (κ2) is 7.23. The number of nitrogens with one attached hydrogen (secondary N) is 1. The maximum Gasteiger partial charge on any atom is 0.224 e. The van der Waals surface area contributed by atoms with Crippen LogP contribution in [0.4, 0.5) is 0 Å². The molecule has 1 aromatic heterocycles. The Kier molecular flexibility index (Phi) is 5.06. The monoisotopic (exact) mass is 349 g/mol. The van der Waals surface area contributed by atoms with Gasteiger partial charge in [0.25, 0.3) is 0 Å². The zero-order valence-corrected chi connectivity index (χ0v) is 14.4. The Bertz CT molecular complexity index is 732. The molecule has 0 bridgehead atoms. The number of amides is 1. The predicted octanol–water partition coefficient (Wildman–Crippen LogP) is 2.27. The highest BCUT2D eigenvalue weighted by molar-refractivity contribution is 6.30. The summed E-state index contributed by atoms with van der Waals surface area (Å²) >= 11 is 6.02. The first kappa shape index (κ1) is 16.8. The van der Waals surface area contributed by atoms with Crippen molar-refractivity contribution < 1.29 is 14.3 Å². The molecule has 24 heavy (non-hydrogen) atoms. The molecule has 128 valence electrons. The zero-order valence-electron chi connectivity index (χ0n) is 13.7. The number of ether oxygens (including phenoxy) is 2. The lowest BCUT2D eigenvalue weighted by atomic mass is 10.1. The highest BCUT2D eigenvalue weighted by atomic mass is 35.5. The fourth-order valence-corrected chi connectivity index (χ4v) is 3.20. The summed E-state index contributed by atoms with van der Waals surface area (Å²) in [5.74, 6) is 0.568. The molecule has 1 saturated heterocycles. The van der Waals surface area contributed by atoms with Gasteiger partial charge in [0.1, 0.15) is 11.9 Å². The van der Waals surface area contributed by atoms with E-state index in [9.17, 15) is 4.79 Å². The lowest BCUT2D eigenvalue weighted by molar-refractivity contribution is -0.121. The molecule has 0 unspecified atom stereocenters. The van der Waals surface area contributed by atoms with Crippen LogP contribution in [0, 0.1) is 0 Å². The van der Waals surface area contributed by atoms with Crippen molar-refractivity contribution >= 4 is 17.5 Å². The first-order valence-corrected chi connectivity index (χ1v) is 8.17. The fraction of sp³-hybridized carbons (Fsp3) is 0.412. The van der Waals surface area contributed by atoms with E-state index in [-0.39, 0.29) is 24.5 Å². The number of carbonyl (C=O) groups excluding carboxylic acids is 1. The van der Waals surface area contributed by atoms with E-state index in [2.05, 4.69) is 10.4 Å². The average Bonchev–Trinajstić information content (AvgIpc) is 3.16. The van der Waals surface area contributed by atoms with Crippen molar-refractivity contribution in [3.05, 3.63) is 46.7 Å². The standard InChI is InChI=1S/C17H20ClN3O3/c1-21-14(5-7-19-21)17-13(6-8-24-17)20-16(22)10-11-9-12(18)3-4-15(11)23-2/h3-5,7,9,13,17H,6,8,10H2,1-2H3,(H,20,22)/t13-,17-/m0/s1. The van der Waals surface area contributed by atoms with Crippen molar-refractivity contribution in [1.82, 2.24) is 15.1 Å². The second-order valence-corrected chi connectivity index (χ2v) is 6.20. The molecule has 2 heterocycles. The van der Waals surface area contributed by atoms with Crippen LogP contribution in [0.3, 0.4) is 0 Å². The van der Waals surface area contributed by atoms with Crippen molar-refractivity contribution in [2.24, 2.45) is 7.05 Å². The zero-order chi connectivity index (χ0) is 17.1. The summed E-state index contributed by atoms with van der Waals surface area (Å²) in [6, 6.07) is 7.10. The minimum absolute atomic E-state index is 0.0712. The van der Waals surface area contributed by atoms with Crippen molar-refractivity contribution in [2.75, 3.05) is 13.7 Å². The van der Waals surface area contributed by atoms with Crippen LogP contribution in [0.1, 0.15) is 23.8 Å². The number of aromatic nitrogens is 2. The van der Waals surface area contributed by atoms with E-state index in [1.807, 2.05) is 13.1 Å². The number of aryl methyl sites for hydroxylation is 1. The van der Waals surface area contributed by atoms with Gasteiger partial charge in [-0.05, 0) is 30.7 Å². The van der Waals surface area contributed by atoms with Crippen LogP contribution >= 0.6 is 11.6 Å². The van der Waals surface area contributed by atoms with Gasteiger partial charge >= 0.3 is 0 Å². The summed E-state index contributed by atoms with van der Waals surface area (Å²) in [7, 11) is 3.45. The SMILES string of the molecule is COc1ccc(Cl)cc1CC(=O)N[C@H]1CCO[C@@H]1c1ccnn1C. The number of nitrogens with zero attached hydrogens (tertiary/aromatic N) is 2. The quantitative estimate of drug-likeness (QED) is 0.899. The van der Waals surface area contributed by atoms with Gasteiger partial charge in [-0.3, -0.25) is 9.48 Å². The molecule has 2 atom stereocenters. The van der Waals surface area contributed by atoms with E-state index in [4.69, 9.17) is 21.1 Å². The third-order valence-corrected chi connectivity index (χ3v) is 4.42. The summed E-state index contributed by atoms with van der Waals surface area (Å²) in [6.07, 6.45) is 2.53. The molecular weight excluding hydrogens is 330 g/mol. The van der Waals surface area contributed by atoms with Crippen LogP contribution in [-0.4, -0.2) is 35.4 Å².